The summed E-state index contributed by atoms with van der Waals surface area (Å²) in [5.41, 5.74) is 2.85. The van der Waals surface area contributed by atoms with Crippen molar-refractivity contribution in [3.05, 3.63) is 59.4 Å². The van der Waals surface area contributed by atoms with Crippen LogP contribution in [-0.4, -0.2) is 20.3 Å². The van der Waals surface area contributed by atoms with Gasteiger partial charge in [0.1, 0.15) is 23.0 Å². The minimum Gasteiger partial charge on any atom is -0.305 e. The highest BCUT2D eigenvalue weighted by Crippen LogP contribution is 2.15. The van der Waals surface area contributed by atoms with E-state index < -0.39 is 5.82 Å². The zero-order valence-electron chi connectivity index (χ0n) is 11.6. The van der Waals surface area contributed by atoms with Crippen LogP contribution in [0.5, 0.6) is 0 Å². The first-order valence-electron chi connectivity index (χ1n) is 6.43. The van der Waals surface area contributed by atoms with Crippen LogP contribution in [-0.2, 0) is 0 Å². The quantitative estimate of drug-likeness (QED) is 0.787. The second-order valence-electron chi connectivity index (χ2n) is 4.79. The van der Waals surface area contributed by atoms with Gasteiger partial charge in [0.05, 0.1) is 11.9 Å². The van der Waals surface area contributed by atoms with Gasteiger partial charge in [-0.25, -0.2) is 14.4 Å². The third-order valence-electron chi connectivity index (χ3n) is 3.14. The number of rotatable bonds is 2. The monoisotopic (exact) mass is 284 g/mol. The lowest BCUT2D eigenvalue weighted by atomic mass is 10.3. The number of aryl methyl sites for hydroxylation is 2. The van der Waals surface area contributed by atoms with Crippen molar-refractivity contribution in [3.63, 3.8) is 0 Å². The molecule has 0 fully saturated rings. The van der Waals surface area contributed by atoms with Gasteiger partial charge in [-0.2, -0.15) is 0 Å². The third-order valence-corrected chi connectivity index (χ3v) is 3.14. The lowest BCUT2D eigenvalue weighted by Gasteiger charge is -2.05. The first-order valence-corrected chi connectivity index (χ1v) is 6.43. The normalized spacial score (nSPS) is 10.8. The second kappa shape index (κ2) is 4.97. The molecule has 1 amide bonds. The first-order chi connectivity index (χ1) is 10.0. The van der Waals surface area contributed by atoms with Gasteiger partial charge in [0.2, 0.25) is 0 Å². The number of amides is 1. The van der Waals surface area contributed by atoms with Crippen LogP contribution in [0.1, 0.15) is 21.7 Å². The zero-order chi connectivity index (χ0) is 15.0. The zero-order valence-corrected chi connectivity index (χ0v) is 11.6. The van der Waals surface area contributed by atoms with Gasteiger partial charge < -0.3 is 5.32 Å². The van der Waals surface area contributed by atoms with Crippen LogP contribution in [0.3, 0.4) is 0 Å². The summed E-state index contributed by atoms with van der Waals surface area (Å²) in [6.45, 7) is 3.74. The number of hydrogen-bond donors (Lipinski definition) is 1. The molecule has 1 N–H and O–H groups in total. The number of anilines is 1. The van der Waals surface area contributed by atoms with E-state index in [1.807, 2.05) is 19.1 Å². The SMILES string of the molecule is Cc1ccn2c(C(=O)Nc3ccc(F)cn3)c(C)nc2c1. The summed E-state index contributed by atoms with van der Waals surface area (Å²) in [5, 5.41) is 2.64. The number of nitrogens with one attached hydrogen (secondary N) is 1. The molecule has 3 aromatic rings. The molecule has 0 aliphatic heterocycles. The third kappa shape index (κ3) is 2.47. The molecule has 6 heteroatoms. The average Bonchev–Trinajstić information content (AvgIpc) is 2.76. The molecule has 3 heterocycles. The van der Waals surface area contributed by atoms with Crippen LogP contribution in [0.4, 0.5) is 10.2 Å². The number of nitrogens with zero attached hydrogens (tertiary/aromatic N) is 3. The van der Waals surface area contributed by atoms with Crippen LogP contribution in [0.2, 0.25) is 0 Å². The summed E-state index contributed by atoms with van der Waals surface area (Å²) in [7, 11) is 0. The number of fused-ring (bicyclic) bond motifs is 1. The molecular weight excluding hydrogens is 271 g/mol. The van der Waals surface area contributed by atoms with Crippen LogP contribution in [0.15, 0.2) is 36.7 Å². The summed E-state index contributed by atoms with van der Waals surface area (Å²) >= 11 is 0. The molecule has 0 aliphatic carbocycles. The fourth-order valence-electron chi connectivity index (χ4n) is 2.16. The van der Waals surface area contributed by atoms with Crippen molar-refractivity contribution in [1.29, 1.82) is 0 Å². The van der Waals surface area contributed by atoms with Gasteiger partial charge >= 0.3 is 0 Å². The Hall–Kier alpha value is -2.76. The molecule has 21 heavy (non-hydrogen) atoms. The first kappa shape index (κ1) is 13.2. The molecule has 0 bridgehead atoms. The number of carbonyl (C=O) groups excluding carboxylic acids is 1. The predicted octanol–water partition coefficient (Wildman–Crippen LogP) is 2.74. The Morgan fingerprint density at radius 2 is 2.10 bits per heavy atom. The van der Waals surface area contributed by atoms with Crippen molar-refractivity contribution < 1.29 is 9.18 Å². The highest BCUT2D eigenvalue weighted by atomic mass is 19.1. The maximum absolute atomic E-state index is 12.8. The van der Waals surface area contributed by atoms with Gasteiger partial charge in [0.15, 0.2) is 0 Å². The molecule has 0 aromatic carbocycles. The molecule has 5 nitrogen and oxygen atoms in total. The largest absolute Gasteiger partial charge is 0.305 e. The van der Waals surface area contributed by atoms with E-state index in [0.717, 1.165) is 11.8 Å². The molecule has 3 aromatic heterocycles. The van der Waals surface area contributed by atoms with Crippen molar-refractivity contribution in [3.8, 4) is 0 Å². The van der Waals surface area contributed by atoms with E-state index in [0.29, 0.717) is 22.9 Å². The molecule has 0 aliphatic rings. The van der Waals surface area contributed by atoms with Crippen LogP contribution in [0, 0.1) is 19.7 Å². The van der Waals surface area contributed by atoms with Crippen molar-refractivity contribution in [2.24, 2.45) is 0 Å². The van der Waals surface area contributed by atoms with E-state index in [4.69, 9.17) is 0 Å². The predicted molar refractivity (Wildman–Crippen MR) is 76.8 cm³/mol. The number of hydrogen-bond acceptors (Lipinski definition) is 3. The van der Waals surface area contributed by atoms with Gasteiger partial charge in [0, 0.05) is 6.20 Å². The minimum atomic E-state index is -0.450. The Balaban J connectivity index is 1.97. The fourth-order valence-corrected chi connectivity index (χ4v) is 2.16. The van der Waals surface area contributed by atoms with Gasteiger partial charge in [0.25, 0.3) is 5.91 Å². The standard InChI is InChI=1S/C15H13FN4O/c1-9-5-6-20-13(7-9)18-10(2)14(20)15(21)19-12-4-3-11(16)8-17-12/h3-8H,1-2H3,(H,17,19,21). The maximum Gasteiger partial charge on any atom is 0.275 e. The van der Waals surface area contributed by atoms with Crippen LogP contribution in [0.25, 0.3) is 5.65 Å². The van der Waals surface area contributed by atoms with Crippen molar-refractivity contribution >= 4 is 17.4 Å². The van der Waals surface area contributed by atoms with E-state index in [1.54, 1.807) is 17.5 Å². The lowest BCUT2D eigenvalue weighted by Crippen LogP contribution is -2.16. The molecule has 106 valence electrons. The van der Waals surface area contributed by atoms with Crippen molar-refractivity contribution in [2.45, 2.75) is 13.8 Å². The van der Waals surface area contributed by atoms with Gasteiger partial charge in [-0.05, 0) is 43.7 Å². The van der Waals surface area contributed by atoms with E-state index in [2.05, 4.69) is 15.3 Å². The number of imidazole rings is 1. The Labute approximate surface area is 120 Å². The van der Waals surface area contributed by atoms with E-state index in [9.17, 15) is 9.18 Å². The van der Waals surface area contributed by atoms with Gasteiger partial charge in [-0.15, -0.1) is 0 Å². The smallest absolute Gasteiger partial charge is 0.275 e. The maximum atomic E-state index is 12.8. The molecule has 0 saturated carbocycles. The summed E-state index contributed by atoms with van der Waals surface area (Å²) in [5.74, 6) is -0.486. The Kier molecular flexibility index (Phi) is 3.13. The number of pyridine rings is 2. The second-order valence-corrected chi connectivity index (χ2v) is 4.79. The summed E-state index contributed by atoms with van der Waals surface area (Å²) < 4.78 is 14.5. The molecule has 0 radical (unpaired) electrons. The Morgan fingerprint density at radius 1 is 1.29 bits per heavy atom. The van der Waals surface area contributed by atoms with E-state index in [-0.39, 0.29) is 5.91 Å². The van der Waals surface area contributed by atoms with Gasteiger partial charge in [-0.1, -0.05) is 0 Å². The van der Waals surface area contributed by atoms with Crippen LogP contribution < -0.4 is 5.32 Å². The number of carbonyl (C=O) groups is 1. The average molecular weight is 284 g/mol. The highest BCUT2D eigenvalue weighted by Gasteiger charge is 2.17. The Bertz CT molecular complexity index is 824. The molecule has 0 unspecified atom stereocenters. The van der Waals surface area contributed by atoms with Crippen molar-refractivity contribution in [2.75, 3.05) is 5.32 Å². The summed E-state index contributed by atoms with van der Waals surface area (Å²) in [6, 6.07) is 6.46. The van der Waals surface area contributed by atoms with E-state index in [1.165, 1.54) is 12.1 Å². The number of aromatic nitrogens is 3. The van der Waals surface area contributed by atoms with Crippen molar-refractivity contribution in [1.82, 2.24) is 14.4 Å². The molecular formula is C15H13FN4O. The molecule has 0 atom stereocenters. The molecule has 0 spiro atoms. The summed E-state index contributed by atoms with van der Waals surface area (Å²) in [4.78, 5) is 20.6. The molecule has 0 saturated heterocycles. The van der Waals surface area contributed by atoms with Gasteiger partial charge in [-0.3, -0.25) is 9.20 Å². The topological polar surface area (TPSA) is 59.3 Å². The highest BCUT2D eigenvalue weighted by molar-refractivity contribution is 6.03. The summed E-state index contributed by atoms with van der Waals surface area (Å²) in [6.07, 6.45) is 2.86. The van der Waals surface area contributed by atoms with E-state index >= 15 is 0 Å². The lowest BCUT2D eigenvalue weighted by molar-refractivity contribution is 0.102. The fraction of sp³-hybridized carbons (Fsp3) is 0.133. The minimum absolute atomic E-state index is 0.294. The number of halogens is 1. The van der Waals surface area contributed by atoms with Crippen LogP contribution >= 0.6 is 0 Å². The molecule has 3 rings (SSSR count). The Morgan fingerprint density at radius 3 is 2.81 bits per heavy atom.